The molecule has 1 aromatic carbocycles. The molecule has 2 aliphatic heterocycles. The minimum Gasteiger partial charge on any atom is -0.354 e. The average Bonchev–Trinajstić information content (AvgIpc) is 3.16. The number of benzene rings is 1. The third-order valence-electron chi connectivity index (χ3n) is 6.07. The van der Waals surface area contributed by atoms with Crippen LogP contribution in [-0.4, -0.2) is 59.5 Å². The first-order valence-electron chi connectivity index (χ1n) is 10.9. The van der Waals surface area contributed by atoms with Crippen LogP contribution in [0.5, 0.6) is 0 Å². The molecule has 3 heterocycles. The summed E-state index contributed by atoms with van der Waals surface area (Å²) in [5.74, 6) is 1.79. The lowest BCUT2D eigenvalue weighted by Crippen LogP contribution is -2.58. The normalized spacial score (nSPS) is 21.2. The van der Waals surface area contributed by atoms with Crippen LogP contribution in [0.25, 0.3) is 0 Å². The summed E-state index contributed by atoms with van der Waals surface area (Å²) in [7, 11) is 0. The number of halogens is 1. The summed E-state index contributed by atoms with van der Waals surface area (Å²) in [5.41, 5.74) is 3.46. The summed E-state index contributed by atoms with van der Waals surface area (Å²) in [6, 6.07) is 7.88. The fourth-order valence-corrected chi connectivity index (χ4v) is 5.67. The topological polar surface area (TPSA) is 61.4 Å². The Kier molecular flexibility index (Phi) is 7.16. The first-order valence-corrected chi connectivity index (χ1v) is 12.3. The molecule has 1 saturated heterocycles. The van der Waals surface area contributed by atoms with Crippen LogP contribution in [0.4, 0.5) is 5.82 Å². The van der Waals surface area contributed by atoms with E-state index in [2.05, 4.69) is 45.9 Å². The van der Waals surface area contributed by atoms with Gasteiger partial charge < -0.3 is 9.69 Å². The zero-order valence-electron chi connectivity index (χ0n) is 18.3. The van der Waals surface area contributed by atoms with Crippen molar-refractivity contribution in [3.8, 4) is 0 Å². The molecule has 4 rings (SSSR count). The van der Waals surface area contributed by atoms with Gasteiger partial charge in [-0.3, -0.25) is 10.2 Å². The largest absolute Gasteiger partial charge is 0.354 e. The minimum absolute atomic E-state index is 0.0635. The molecule has 0 radical (unpaired) electrons. The Morgan fingerprint density at radius 3 is 2.52 bits per heavy atom. The van der Waals surface area contributed by atoms with Crippen molar-refractivity contribution in [2.75, 3.05) is 31.1 Å². The summed E-state index contributed by atoms with van der Waals surface area (Å²) in [6.07, 6.45) is 2.70. The van der Waals surface area contributed by atoms with Crippen molar-refractivity contribution in [1.82, 2.24) is 20.2 Å². The Bertz CT molecular complexity index is 901. The lowest BCUT2D eigenvalue weighted by atomic mass is 9.95. The van der Waals surface area contributed by atoms with Gasteiger partial charge in [0, 0.05) is 53.8 Å². The molecule has 166 valence electrons. The number of nitrogens with zero attached hydrogens (tertiary/aromatic N) is 4. The van der Waals surface area contributed by atoms with E-state index in [4.69, 9.17) is 11.6 Å². The quantitative estimate of drug-likeness (QED) is 0.630. The number of hydrogen-bond donors (Lipinski definition) is 1. The van der Waals surface area contributed by atoms with E-state index in [1.54, 1.807) is 6.33 Å². The van der Waals surface area contributed by atoms with Crippen molar-refractivity contribution in [2.24, 2.45) is 0 Å². The van der Waals surface area contributed by atoms with Crippen molar-refractivity contribution in [1.29, 1.82) is 0 Å². The third-order valence-corrected chi connectivity index (χ3v) is 7.50. The standard InChI is InChI=1S/C23H30ClN5OS/c1-15(2)27-22(19(12-30)17-4-6-18(24)7-5-17)28-8-10-29(11-9-28)23-21-16(3)31-13-20(21)25-14-26-23/h4-7,12,14-16,19,22,27H,8-11,13H2,1-3H3. The number of thioether (sulfide) groups is 1. The summed E-state index contributed by atoms with van der Waals surface area (Å²) in [4.78, 5) is 26.1. The van der Waals surface area contributed by atoms with Crippen LogP contribution in [0, 0.1) is 0 Å². The van der Waals surface area contributed by atoms with Crippen molar-refractivity contribution >= 4 is 35.5 Å². The molecule has 3 atom stereocenters. The monoisotopic (exact) mass is 459 g/mol. The molecular weight excluding hydrogens is 430 g/mol. The summed E-state index contributed by atoms with van der Waals surface area (Å²) >= 11 is 7.99. The molecule has 1 aromatic heterocycles. The summed E-state index contributed by atoms with van der Waals surface area (Å²) < 4.78 is 0. The van der Waals surface area contributed by atoms with E-state index in [0.29, 0.717) is 10.3 Å². The van der Waals surface area contributed by atoms with Crippen molar-refractivity contribution in [3.63, 3.8) is 0 Å². The molecule has 0 aliphatic carbocycles. The molecule has 31 heavy (non-hydrogen) atoms. The number of aromatic nitrogens is 2. The number of carbonyl (C=O) groups excluding carboxylic acids is 1. The van der Waals surface area contributed by atoms with E-state index in [1.807, 2.05) is 36.0 Å². The number of nitrogens with one attached hydrogen (secondary N) is 1. The molecule has 0 spiro atoms. The number of rotatable bonds is 7. The molecular formula is C23H30ClN5OS. The molecule has 0 amide bonds. The van der Waals surface area contributed by atoms with Crippen LogP contribution in [0.2, 0.25) is 5.02 Å². The smallest absolute Gasteiger partial charge is 0.136 e. The van der Waals surface area contributed by atoms with Crippen LogP contribution in [0.15, 0.2) is 30.6 Å². The molecule has 6 nitrogen and oxygen atoms in total. The van der Waals surface area contributed by atoms with Gasteiger partial charge in [0.2, 0.25) is 0 Å². The van der Waals surface area contributed by atoms with E-state index in [9.17, 15) is 4.79 Å². The summed E-state index contributed by atoms with van der Waals surface area (Å²) in [5, 5.41) is 4.75. The molecule has 8 heteroatoms. The van der Waals surface area contributed by atoms with Gasteiger partial charge in [-0.2, -0.15) is 0 Å². The van der Waals surface area contributed by atoms with Crippen LogP contribution in [0.1, 0.15) is 48.8 Å². The molecule has 0 saturated carbocycles. The highest BCUT2D eigenvalue weighted by molar-refractivity contribution is 7.99. The van der Waals surface area contributed by atoms with Gasteiger partial charge in [-0.05, 0) is 38.5 Å². The molecule has 1 fully saturated rings. The Morgan fingerprint density at radius 2 is 1.87 bits per heavy atom. The van der Waals surface area contributed by atoms with Gasteiger partial charge in [0.05, 0.1) is 17.8 Å². The van der Waals surface area contributed by atoms with Crippen molar-refractivity contribution < 1.29 is 4.79 Å². The lowest BCUT2D eigenvalue weighted by molar-refractivity contribution is -0.111. The van der Waals surface area contributed by atoms with Gasteiger partial charge in [0.1, 0.15) is 18.4 Å². The first kappa shape index (κ1) is 22.5. The first-order chi connectivity index (χ1) is 15.0. The van der Waals surface area contributed by atoms with Gasteiger partial charge in [-0.15, -0.1) is 11.8 Å². The maximum atomic E-state index is 12.2. The molecule has 0 bridgehead atoms. The van der Waals surface area contributed by atoms with Crippen molar-refractivity contribution in [3.05, 3.63) is 52.4 Å². The summed E-state index contributed by atoms with van der Waals surface area (Å²) in [6.45, 7) is 9.97. The fourth-order valence-electron chi connectivity index (χ4n) is 4.50. The fraction of sp³-hybridized carbons (Fsp3) is 0.522. The van der Waals surface area contributed by atoms with E-state index in [1.165, 1.54) is 11.3 Å². The van der Waals surface area contributed by atoms with E-state index < -0.39 is 0 Å². The second kappa shape index (κ2) is 9.86. The number of anilines is 1. The molecule has 3 unspecified atom stereocenters. The molecule has 2 aliphatic rings. The molecule has 2 aromatic rings. The number of carbonyl (C=O) groups is 1. The van der Waals surface area contributed by atoms with Gasteiger partial charge >= 0.3 is 0 Å². The second-order valence-corrected chi connectivity index (χ2v) is 10.3. The predicted molar refractivity (Wildman–Crippen MR) is 128 cm³/mol. The predicted octanol–water partition coefficient (Wildman–Crippen LogP) is 3.87. The number of aldehydes is 1. The maximum absolute atomic E-state index is 12.2. The van der Waals surface area contributed by atoms with Crippen LogP contribution < -0.4 is 10.2 Å². The van der Waals surface area contributed by atoms with Gasteiger partial charge in [0.15, 0.2) is 0 Å². The zero-order valence-corrected chi connectivity index (χ0v) is 19.9. The number of fused-ring (bicyclic) bond motifs is 1. The van der Waals surface area contributed by atoms with Gasteiger partial charge in [-0.1, -0.05) is 23.7 Å². The highest BCUT2D eigenvalue weighted by Gasteiger charge is 2.33. The number of hydrogen-bond acceptors (Lipinski definition) is 7. The van der Waals surface area contributed by atoms with Gasteiger partial charge in [-0.25, -0.2) is 9.97 Å². The second-order valence-electron chi connectivity index (χ2n) is 8.51. The Morgan fingerprint density at radius 1 is 1.16 bits per heavy atom. The average molecular weight is 460 g/mol. The minimum atomic E-state index is -0.258. The van der Waals surface area contributed by atoms with Crippen molar-refractivity contribution in [2.45, 2.75) is 49.9 Å². The van der Waals surface area contributed by atoms with E-state index >= 15 is 0 Å². The SMILES string of the molecule is CC(C)NC(C(C=O)c1ccc(Cl)cc1)N1CCN(c2ncnc3c2C(C)SC3)CC1. The number of piperazine rings is 1. The van der Waals surface area contributed by atoms with Crippen LogP contribution in [0.3, 0.4) is 0 Å². The van der Waals surface area contributed by atoms with Crippen LogP contribution >= 0.6 is 23.4 Å². The van der Waals surface area contributed by atoms with E-state index in [-0.39, 0.29) is 18.1 Å². The highest BCUT2D eigenvalue weighted by Crippen LogP contribution is 2.44. The zero-order chi connectivity index (χ0) is 22.0. The van der Waals surface area contributed by atoms with Gasteiger partial charge in [0.25, 0.3) is 0 Å². The van der Waals surface area contributed by atoms with Crippen LogP contribution in [-0.2, 0) is 10.5 Å². The Hall–Kier alpha value is -1.67. The highest BCUT2D eigenvalue weighted by atomic mass is 35.5. The lowest BCUT2D eigenvalue weighted by Gasteiger charge is -2.43. The maximum Gasteiger partial charge on any atom is 0.136 e. The molecule has 1 N–H and O–H groups in total. The Balaban J connectivity index is 1.51. The third kappa shape index (κ3) is 4.90. The Labute approximate surface area is 193 Å². The van der Waals surface area contributed by atoms with E-state index in [0.717, 1.165) is 49.6 Å².